The van der Waals surface area contributed by atoms with Gasteiger partial charge in [0.2, 0.25) is 0 Å². The van der Waals surface area contributed by atoms with Crippen molar-refractivity contribution in [1.82, 2.24) is 4.90 Å². The summed E-state index contributed by atoms with van der Waals surface area (Å²) in [6.07, 6.45) is 1.43. The van der Waals surface area contributed by atoms with E-state index in [-0.39, 0.29) is 38.4 Å². The highest BCUT2D eigenvalue weighted by molar-refractivity contribution is 6.46. The first kappa shape index (κ1) is 16.4. The van der Waals surface area contributed by atoms with E-state index in [4.69, 9.17) is 39.5 Å². The van der Waals surface area contributed by atoms with Crippen molar-refractivity contribution in [2.24, 2.45) is 5.92 Å². The molecular weight excluding hydrogens is 337 g/mol. The third-order valence-corrected chi connectivity index (χ3v) is 4.62. The monoisotopic (exact) mass is 349 g/mol. The Morgan fingerprint density at radius 3 is 2.57 bits per heavy atom. The largest absolute Gasteiger partial charge is 0.469 e. The van der Waals surface area contributed by atoms with Gasteiger partial charge in [0.05, 0.1) is 33.7 Å². The van der Waals surface area contributed by atoms with Crippen molar-refractivity contribution >= 4 is 46.7 Å². The van der Waals surface area contributed by atoms with Gasteiger partial charge in [-0.1, -0.05) is 34.8 Å². The van der Waals surface area contributed by atoms with Crippen LogP contribution in [0.15, 0.2) is 12.1 Å². The molecule has 1 heterocycles. The molecule has 114 valence electrons. The summed E-state index contributed by atoms with van der Waals surface area (Å²) in [5.74, 6) is -0.943. The van der Waals surface area contributed by atoms with Gasteiger partial charge < -0.3 is 9.64 Å². The third-order valence-electron chi connectivity index (χ3n) is 3.50. The van der Waals surface area contributed by atoms with Gasteiger partial charge in [-0.25, -0.2) is 0 Å². The summed E-state index contributed by atoms with van der Waals surface area (Å²) in [6, 6.07) is 3.07. The van der Waals surface area contributed by atoms with Crippen LogP contribution < -0.4 is 0 Å². The fourth-order valence-electron chi connectivity index (χ4n) is 2.40. The molecule has 0 bridgehead atoms. The number of benzene rings is 1. The summed E-state index contributed by atoms with van der Waals surface area (Å²) in [4.78, 5) is 25.8. The molecule has 1 aliphatic heterocycles. The highest BCUT2D eigenvalue weighted by Crippen LogP contribution is 2.33. The van der Waals surface area contributed by atoms with Gasteiger partial charge in [0.1, 0.15) is 0 Å². The number of hydrogen-bond donors (Lipinski definition) is 0. The van der Waals surface area contributed by atoms with Crippen molar-refractivity contribution in [2.75, 3.05) is 20.2 Å². The predicted molar refractivity (Wildman–Crippen MR) is 82.1 cm³/mol. The molecule has 1 unspecified atom stereocenters. The topological polar surface area (TPSA) is 46.6 Å². The first-order valence-corrected chi connectivity index (χ1v) is 7.59. The molecule has 0 aromatic heterocycles. The Hall–Kier alpha value is -0.970. The minimum Gasteiger partial charge on any atom is -0.469 e. The van der Waals surface area contributed by atoms with Crippen molar-refractivity contribution in [2.45, 2.75) is 12.8 Å². The minimum absolute atomic E-state index is 0.134. The lowest BCUT2D eigenvalue weighted by Crippen LogP contribution is -2.42. The van der Waals surface area contributed by atoms with E-state index in [2.05, 4.69) is 0 Å². The van der Waals surface area contributed by atoms with Gasteiger partial charge in [-0.05, 0) is 25.0 Å². The van der Waals surface area contributed by atoms with E-state index >= 15 is 0 Å². The first-order chi connectivity index (χ1) is 9.95. The lowest BCUT2D eigenvalue weighted by atomic mass is 9.97. The van der Waals surface area contributed by atoms with Crippen LogP contribution in [0.3, 0.4) is 0 Å². The number of likely N-dealkylation sites (tertiary alicyclic amines) is 1. The number of hydrogen-bond acceptors (Lipinski definition) is 3. The van der Waals surface area contributed by atoms with Crippen LogP contribution in [-0.4, -0.2) is 37.0 Å². The predicted octanol–water partition coefficient (Wildman–Crippen LogP) is 3.67. The summed E-state index contributed by atoms with van der Waals surface area (Å²) < 4.78 is 4.74. The van der Waals surface area contributed by atoms with Crippen LogP contribution in [0, 0.1) is 5.92 Å². The van der Waals surface area contributed by atoms with Crippen molar-refractivity contribution in [3.63, 3.8) is 0 Å². The van der Waals surface area contributed by atoms with E-state index in [0.717, 1.165) is 6.42 Å². The number of carbonyl (C=O) groups is 2. The second-order valence-electron chi connectivity index (χ2n) is 4.83. The lowest BCUT2D eigenvalue weighted by Gasteiger charge is -2.31. The fraction of sp³-hybridized carbons (Fsp3) is 0.429. The van der Waals surface area contributed by atoms with Gasteiger partial charge in [0.25, 0.3) is 5.91 Å². The highest BCUT2D eigenvalue weighted by Gasteiger charge is 2.31. The molecule has 1 aromatic rings. The van der Waals surface area contributed by atoms with Gasteiger partial charge >= 0.3 is 5.97 Å². The molecule has 21 heavy (non-hydrogen) atoms. The molecule has 0 N–H and O–H groups in total. The van der Waals surface area contributed by atoms with Gasteiger partial charge in [-0.2, -0.15) is 0 Å². The fourth-order valence-corrected chi connectivity index (χ4v) is 3.09. The molecule has 0 spiro atoms. The summed E-state index contributed by atoms with van der Waals surface area (Å²) in [7, 11) is 1.34. The molecule has 2 rings (SSSR count). The average molecular weight is 351 g/mol. The highest BCUT2D eigenvalue weighted by atomic mass is 35.5. The van der Waals surface area contributed by atoms with Crippen molar-refractivity contribution < 1.29 is 14.3 Å². The number of esters is 1. The Morgan fingerprint density at radius 2 is 1.90 bits per heavy atom. The summed E-state index contributed by atoms with van der Waals surface area (Å²) >= 11 is 18.1. The van der Waals surface area contributed by atoms with Gasteiger partial charge in [0, 0.05) is 13.1 Å². The molecule has 0 saturated carbocycles. The van der Waals surface area contributed by atoms with Crippen molar-refractivity contribution in [1.29, 1.82) is 0 Å². The molecular formula is C14H14Cl3NO3. The molecule has 7 heteroatoms. The molecule has 1 fully saturated rings. The summed E-state index contributed by atoms with van der Waals surface area (Å²) in [5, 5.41) is 0.648. The number of halogens is 3. The van der Waals surface area contributed by atoms with Crippen LogP contribution in [0.4, 0.5) is 0 Å². The summed E-state index contributed by atoms with van der Waals surface area (Å²) in [5.41, 5.74) is 0.177. The zero-order chi connectivity index (χ0) is 15.6. The van der Waals surface area contributed by atoms with Crippen molar-refractivity contribution in [3.05, 3.63) is 32.8 Å². The van der Waals surface area contributed by atoms with E-state index in [0.29, 0.717) is 19.5 Å². The van der Waals surface area contributed by atoms with Crippen LogP contribution in [0.1, 0.15) is 23.2 Å². The number of carbonyl (C=O) groups excluding carboxylic acids is 2. The third kappa shape index (κ3) is 3.44. The normalized spacial score (nSPS) is 18.5. The Balaban J connectivity index is 2.24. The zero-order valence-electron chi connectivity index (χ0n) is 11.4. The second-order valence-corrected chi connectivity index (χ2v) is 6.02. The quantitative estimate of drug-likeness (QED) is 0.604. The van der Waals surface area contributed by atoms with Crippen LogP contribution >= 0.6 is 34.8 Å². The Morgan fingerprint density at radius 1 is 1.24 bits per heavy atom. The number of amides is 1. The number of rotatable bonds is 2. The van der Waals surface area contributed by atoms with E-state index < -0.39 is 0 Å². The van der Waals surface area contributed by atoms with E-state index in [9.17, 15) is 9.59 Å². The van der Waals surface area contributed by atoms with Gasteiger partial charge in [-0.15, -0.1) is 0 Å². The van der Waals surface area contributed by atoms with Crippen LogP contribution in [0.2, 0.25) is 15.1 Å². The number of piperidine rings is 1. The maximum absolute atomic E-state index is 12.6. The van der Waals surface area contributed by atoms with Gasteiger partial charge in [0.15, 0.2) is 0 Å². The molecule has 1 atom stereocenters. The lowest BCUT2D eigenvalue weighted by molar-refractivity contribution is -0.146. The molecule has 4 nitrogen and oxygen atoms in total. The average Bonchev–Trinajstić information content (AvgIpc) is 2.50. The number of nitrogens with zero attached hydrogens (tertiary/aromatic N) is 1. The zero-order valence-corrected chi connectivity index (χ0v) is 13.6. The number of methoxy groups -OCH3 is 1. The Kier molecular flexibility index (Phi) is 5.36. The van der Waals surface area contributed by atoms with Crippen molar-refractivity contribution in [3.8, 4) is 0 Å². The molecule has 0 radical (unpaired) electrons. The van der Waals surface area contributed by atoms with E-state index in [1.54, 1.807) is 4.90 Å². The van der Waals surface area contributed by atoms with Crippen LogP contribution in [-0.2, 0) is 9.53 Å². The van der Waals surface area contributed by atoms with E-state index in [1.807, 2.05) is 0 Å². The smallest absolute Gasteiger partial charge is 0.310 e. The maximum atomic E-state index is 12.6. The minimum atomic E-state index is -0.318. The van der Waals surface area contributed by atoms with Crippen LogP contribution in [0.5, 0.6) is 0 Å². The molecule has 1 amide bonds. The van der Waals surface area contributed by atoms with Gasteiger partial charge in [-0.3, -0.25) is 9.59 Å². The van der Waals surface area contributed by atoms with Crippen LogP contribution in [0.25, 0.3) is 0 Å². The summed E-state index contributed by atoms with van der Waals surface area (Å²) in [6.45, 7) is 0.843. The number of ether oxygens (including phenoxy) is 1. The molecule has 1 aromatic carbocycles. The SMILES string of the molecule is COC(=O)C1CCCN(C(=O)c2c(Cl)ccc(Cl)c2Cl)C1. The Labute approximate surface area is 137 Å². The first-order valence-electron chi connectivity index (χ1n) is 6.46. The maximum Gasteiger partial charge on any atom is 0.310 e. The standard InChI is InChI=1S/C14H14Cl3NO3/c1-21-14(20)8-3-2-6-18(7-8)13(19)11-9(15)4-5-10(16)12(11)17/h4-5,8H,2-3,6-7H2,1H3. The molecule has 0 aliphatic carbocycles. The second kappa shape index (κ2) is 6.86. The van der Waals surface area contributed by atoms with E-state index in [1.165, 1.54) is 19.2 Å². The molecule has 1 aliphatic rings. The molecule has 1 saturated heterocycles. The Bertz CT molecular complexity index is 577.